The molecule has 1 aromatic rings. The van der Waals surface area contributed by atoms with E-state index < -0.39 is 31.0 Å². The molecule has 0 atom stereocenters. The average molecular weight is 232 g/mol. The Labute approximate surface area is 80.5 Å². The highest BCUT2D eigenvalue weighted by Gasteiger charge is 2.31. The minimum Gasteiger partial charge on any atom is -0.263 e. The van der Waals surface area contributed by atoms with E-state index in [-0.39, 0.29) is 0 Å². The number of rotatable bonds is 2. The van der Waals surface area contributed by atoms with Gasteiger partial charge in [0, 0.05) is 6.20 Å². The van der Waals surface area contributed by atoms with Crippen molar-refractivity contribution >= 4 is 0 Å². The molecule has 0 aliphatic rings. The molecule has 15 heavy (non-hydrogen) atoms. The normalized spacial score (nSPS) is 13.2. The summed E-state index contributed by atoms with van der Waals surface area (Å²) in [6, 6.07) is 0.916. The molecule has 2 nitrogen and oxygen atoms in total. The second-order valence-corrected chi connectivity index (χ2v) is 2.91. The SMILES string of the molecule is FC(F)(F)Cc1ccn(CC(F)(F)F)n1. The number of alkyl halides is 6. The summed E-state index contributed by atoms with van der Waals surface area (Å²) in [7, 11) is 0. The van der Waals surface area contributed by atoms with Crippen molar-refractivity contribution in [1.29, 1.82) is 0 Å². The van der Waals surface area contributed by atoms with Crippen LogP contribution in [0.5, 0.6) is 0 Å². The van der Waals surface area contributed by atoms with E-state index in [4.69, 9.17) is 0 Å². The van der Waals surface area contributed by atoms with Crippen LogP contribution in [0.15, 0.2) is 12.3 Å². The molecule has 0 aliphatic heterocycles. The molecule has 0 saturated heterocycles. The van der Waals surface area contributed by atoms with Gasteiger partial charge in [0.25, 0.3) is 0 Å². The van der Waals surface area contributed by atoms with Gasteiger partial charge in [-0.1, -0.05) is 0 Å². The van der Waals surface area contributed by atoms with Crippen LogP contribution in [0.3, 0.4) is 0 Å². The third-order valence-electron chi connectivity index (χ3n) is 1.42. The predicted molar refractivity (Wildman–Crippen MR) is 38.0 cm³/mol. The van der Waals surface area contributed by atoms with E-state index >= 15 is 0 Å². The van der Waals surface area contributed by atoms with Crippen molar-refractivity contribution in [1.82, 2.24) is 9.78 Å². The fraction of sp³-hybridized carbons (Fsp3) is 0.571. The van der Waals surface area contributed by atoms with Gasteiger partial charge in [-0.25, -0.2) is 0 Å². The Morgan fingerprint density at radius 2 is 1.67 bits per heavy atom. The first-order valence-corrected chi connectivity index (χ1v) is 3.81. The van der Waals surface area contributed by atoms with Crippen LogP contribution in [0.4, 0.5) is 26.3 Å². The Morgan fingerprint density at radius 3 is 2.13 bits per heavy atom. The zero-order valence-corrected chi connectivity index (χ0v) is 7.23. The van der Waals surface area contributed by atoms with Crippen molar-refractivity contribution in [2.75, 3.05) is 0 Å². The summed E-state index contributed by atoms with van der Waals surface area (Å²) < 4.78 is 71.3. The summed E-state index contributed by atoms with van der Waals surface area (Å²) in [6.45, 7) is -1.38. The van der Waals surface area contributed by atoms with Crippen molar-refractivity contribution in [2.24, 2.45) is 0 Å². The molecule has 0 spiro atoms. The topological polar surface area (TPSA) is 17.8 Å². The first-order valence-electron chi connectivity index (χ1n) is 3.81. The molecular formula is C7H6F6N2. The first kappa shape index (κ1) is 11.9. The van der Waals surface area contributed by atoms with Gasteiger partial charge in [-0.15, -0.1) is 0 Å². The van der Waals surface area contributed by atoms with E-state index in [9.17, 15) is 26.3 Å². The Balaban J connectivity index is 2.65. The summed E-state index contributed by atoms with van der Waals surface area (Å²) in [5.74, 6) is 0. The number of hydrogen-bond acceptors (Lipinski definition) is 1. The molecule has 0 bridgehead atoms. The van der Waals surface area contributed by atoms with E-state index in [2.05, 4.69) is 5.10 Å². The number of nitrogens with zero attached hydrogens (tertiary/aromatic N) is 2. The van der Waals surface area contributed by atoms with Gasteiger partial charge in [0.2, 0.25) is 0 Å². The zero-order chi connectivity index (χ0) is 11.7. The molecule has 8 heteroatoms. The lowest BCUT2D eigenvalue weighted by Crippen LogP contribution is -2.18. The molecular weight excluding hydrogens is 226 g/mol. The predicted octanol–water partition coefficient (Wildman–Crippen LogP) is 2.55. The van der Waals surface area contributed by atoms with Crippen LogP contribution in [-0.4, -0.2) is 22.1 Å². The van der Waals surface area contributed by atoms with Gasteiger partial charge in [0.05, 0.1) is 12.1 Å². The van der Waals surface area contributed by atoms with Gasteiger partial charge >= 0.3 is 12.4 Å². The Hall–Kier alpha value is -1.21. The molecule has 1 heterocycles. The zero-order valence-electron chi connectivity index (χ0n) is 7.23. The van der Waals surface area contributed by atoms with E-state index in [0.29, 0.717) is 4.68 Å². The number of hydrogen-bond donors (Lipinski definition) is 0. The highest BCUT2D eigenvalue weighted by atomic mass is 19.4. The maximum atomic E-state index is 11.8. The summed E-state index contributed by atoms with van der Waals surface area (Å²) in [5, 5.41) is 3.16. The molecule has 0 aliphatic carbocycles. The highest BCUT2D eigenvalue weighted by Crippen LogP contribution is 2.21. The van der Waals surface area contributed by atoms with Crippen LogP contribution in [-0.2, 0) is 13.0 Å². The number of aromatic nitrogens is 2. The molecule has 0 aromatic carbocycles. The molecule has 0 saturated carbocycles. The van der Waals surface area contributed by atoms with Crippen molar-refractivity contribution in [3.05, 3.63) is 18.0 Å². The lowest BCUT2D eigenvalue weighted by atomic mass is 10.3. The first-order chi connectivity index (χ1) is 6.66. The second kappa shape index (κ2) is 3.74. The lowest BCUT2D eigenvalue weighted by Gasteiger charge is -2.06. The minimum absolute atomic E-state index is 0.424. The molecule has 0 amide bonds. The lowest BCUT2D eigenvalue weighted by molar-refractivity contribution is -0.142. The smallest absolute Gasteiger partial charge is 0.263 e. The van der Waals surface area contributed by atoms with Crippen LogP contribution in [0.2, 0.25) is 0 Å². The highest BCUT2D eigenvalue weighted by molar-refractivity contribution is 5.00. The van der Waals surface area contributed by atoms with E-state index in [0.717, 1.165) is 12.3 Å². The van der Waals surface area contributed by atoms with Crippen LogP contribution >= 0.6 is 0 Å². The van der Waals surface area contributed by atoms with Crippen LogP contribution in [0, 0.1) is 0 Å². The van der Waals surface area contributed by atoms with Crippen LogP contribution in [0.25, 0.3) is 0 Å². The Morgan fingerprint density at radius 1 is 1.07 bits per heavy atom. The maximum Gasteiger partial charge on any atom is 0.408 e. The van der Waals surface area contributed by atoms with Crippen molar-refractivity contribution in [3.63, 3.8) is 0 Å². The summed E-state index contributed by atoms with van der Waals surface area (Å²) >= 11 is 0. The van der Waals surface area contributed by atoms with Gasteiger partial charge in [0.1, 0.15) is 6.54 Å². The fourth-order valence-corrected chi connectivity index (χ4v) is 0.975. The van der Waals surface area contributed by atoms with E-state index in [1.54, 1.807) is 0 Å². The van der Waals surface area contributed by atoms with Crippen molar-refractivity contribution in [2.45, 2.75) is 25.3 Å². The van der Waals surface area contributed by atoms with Crippen molar-refractivity contribution in [3.8, 4) is 0 Å². The van der Waals surface area contributed by atoms with Gasteiger partial charge in [-0.05, 0) is 6.07 Å². The third-order valence-corrected chi connectivity index (χ3v) is 1.42. The van der Waals surface area contributed by atoms with Gasteiger partial charge < -0.3 is 0 Å². The summed E-state index contributed by atoms with van der Waals surface area (Å²) in [5.41, 5.74) is -0.424. The Kier molecular flexibility index (Phi) is 2.96. The third kappa shape index (κ3) is 4.71. The fourth-order valence-electron chi connectivity index (χ4n) is 0.975. The van der Waals surface area contributed by atoms with Crippen LogP contribution < -0.4 is 0 Å². The van der Waals surface area contributed by atoms with Crippen LogP contribution in [0.1, 0.15) is 5.69 Å². The molecule has 1 rings (SSSR count). The summed E-state index contributed by atoms with van der Waals surface area (Å²) in [4.78, 5) is 0. The summed E-state index contributed by atoms with van der Waals surface area (Å²) in [6.07, 6.45) is -9.40. The largest absolute Gasteiger partial charge is 0.408 e. The molecule has 0 N–H and O–H groups in total. The molecule has 1 aromatic heterocycles. The average Bonchev–Trinajstić information content (AvgIpc) is 2.28. The number of halogens is 6. The van der Waals surface area contributed by atoms with Gasteiger partial charge in [0.15, 0.2) is 0 Å². The Bertz CT molecular complexity index is 292. The van der Waals surface area contributed by atoms with Gasteiger partial charge in [-0.2, -0.15) is 31.4 Å². The molecule has 0 unspecified atom stereocenters. The standard InChI is InChI=1S/C7H6F6N2/c8-6(9,10)3-5-1-2-15(14-5)4-7(11,12)13/h1-2H,3-4H2. The monoisotopic (exact) mass is 232 g/mol. The minimum atomic E-state index is -4.48. The second-order valence-electron chi connectivity index (χ2n) is 2.91. The molecule has 0 radical (unpaired) electrons. The van der Waals surface area contributed by atoms with E-state index in [1.165, 1.54) is 0 Å². The molecule has 0 fully saturated rings. The maximum absolute atomic E-state index is 11.8. The van der Waals surface area contributed by atoms with E-state index in [1.807, 2.05) is 0 Å². The van der Waals surface area contributed by atoms with Crippen molar-refractivity contribution < 1.29 is 26.3 Å². The molecule has 86 valence electrons. The van der Waals surface area contributed by atoms with Gasteiger partial charge in [-0.3, -0.25) is 4.68 Å². The quantitative estimate of drug-likeness (QED) is 0.716.